The van der Waals surface area contributed by atoms with E-state index in [2.05, 4.69) is 57.2 Å². The van der Waals surface area contributed by atoms with E-state index in [4.69, 9.17) is 4.74 Å². The lowest BCUT2D eigenvalue weighted by Crippen LogP contribution is -2.10. The van der Waals surface area contributed by atoms with E-state index in [0.29, 0.717) is 12.2 Å². The van der Waals surface area contributed by atoms with E-state index in [1.807, 2.05) is 36.4 Å². The van der Waals surface area contributed by atoms with Gasteiger partial charge in [-0.05, 0) is 28.7 Å². The molecule has 4 rings (SSSR count). The van der Waals surface area contributed by atoms with Gasteiger partial charge in [0.05, 0.1) is 4.88 Å². The average Bonchev–Trinajstić information content (AvgIpc) is 3.10. The zero-order chi connectivity index (χ0) is 20.4. The molecule has 0 atom stereocenters. The Balaban J connectivity index is 1.71. The van der Waals surface area contributed by atoms with Gasteiger partial charge in [-0.1, -0.05) is 81.4 Å². The lowest BCUT2D eigenvalue weighted by atomic mass is 9.87. The van der Waals surface area contributed by atoms with E-state index in [9.17, 15) is 4.79 Å². The van der Waals surface area contributed by atoms with Crippen LogP contribution >= 0.6 is 11.3 Å². The first kappa shape index (κ1) is 19.4. The molecule has 0 saturated heterocycles. The van der Waals surface area contributed by atoms with Crippen molar-refractivity contribution in [2.75, 3.05) is 0 Å². The van der Waals surface area contributed by atoms with E-state index < -0.39 is 0 Å². The number of hydrogen-bond acceptors (Lipinski definition) is 3. The minimum atomic E-state index is 0.134. The molecule has 0 aliphatic heterocycles. The number of hydrogen-bond donors (Lipinski definition) is 0. The number of fused-ring (bicyclic) bond motifs is 1. The summed E-state index contributed by atoms with van der Waals surface area (Å²) in [7, 11) is 0. The van der Waals surface area contributed by atoms with E-state index in [1.165, 1.54) is 5.56 Å². The summed E-state index contributed by atoms with van der Waals surface area (Å²) in [5, 5.41) is 1.08. The summed E-state index contributed by atoms with van der Waals surface area (Å²) in [4.78, 5) is 12.6. The Morgan fingerprint density at radius 2 is 1.59 bits per heavy atom. The molecule has 3 heteroatoms. The SMILES string of the molecule is CC(C)(C)c1ccc(COc2c(-c3ccccc3C=O)sc3ccccc23)cc1. The van der Waals surface area contributed by atoms with Gasteiger partial charge in [-0.15, -0.1) is 11.3 Å². The van der Waals surface area contributed by atoms with Gasteiger partial charge in [0.15, 0.2) is 6.29 Å². The molecule has 4 aromatic rings. The van der Waals surface area contributed by atoms with Crippen LogP contribution in [0.15, 0.2) is 72.8 Å². The van der Waals surface area contributed by atoms with Crippen LogP contribution < -0.4 is 4.74 Å². The first-order valence-electron chi connectivity index (χ1n) is 9.76. The average molecular weight is 401 g/mol. The minimum Gasteiger partial charge on any atom is -0.487 e. The highest BCUT2D eigenvalue weighted by Gasteiger charge is 2.18. The van der Waals surface area contributed by atoms with Crippen molar-refractivity contribution in [2.24, 2.45) is 0 Å². The molecule has 0 bridgehead atoms. The molecule has 0 saturated carbocycles. The zero-order valence-corrected chi connectivity index (χ0v) is 17.8. The second kappa shape index (κ2) is 7.84. The number of thiophene rings is 1. The summed E-state index contributed by atoms with van der Waals surface area (Å²) in [5.41, 5.74) is 4.17. The molecule has 3 aromatic carbocycles. The topological polar surface area (TPSA) is 26.3 Å². The van der Waals surface area contributed by atoms with Crippen molar-refractivity contribution >= 4 is 27.7 Å². The van der Waals surface area contributed by atoms with Crippen molar-refractivity contribution in [3.05, 3.63) is 89.5 Å². The second-order valence-corrected chi connectivity index (χ2v) is 9.25. The molecule has 0 radical (unpaired) electrons. The number of rotatable bonds is 5. The van der Waals surface area contributed by atoms with Crippen LogP contribution in [-0.4, -0.2) is 6.29 Å². The van der Waals surface area contributed by atoms with E-state index in [1.54, 1.807) is 11.3 Å². The maximum atomic E-state index is 11.6. The fraction of sp³-hybridized carbons (Fsp3) is 0.192. The number of ether oxygens (including phenoxy) is 1. The number of carbonyl (C=O) groups excluding carboxylic acids is 1. The van der Waals surface area contributed by atoms with Gasteiger partial charge in [0.1, 0.15) is 12.4 Å². The van der Waals surface area contributed by atoms with Crippen LogP contribution in [0.25, 0.3) is 20.5 Å². The maximum Gasteiger partial charge on any atom is 0.150 e. The minimum absolute atomic E-state index is 0.134. The fourth-order valence-corrected chi connectivity index (χ4v) is 4.60. The van der Waals surface area contributed by atoms with Gasteiger partial charge in [0.25, 0.3) is 0 Å². The summed E-state index contributed by atoms with van der Waals surface area (Å²) >= 11 is 1.66. The lowest BCUT2D eigenvalue weighted by molar-refractivity contribution is 0.112. The van der Waals surface area contributed by atoms with Crippen LogP contribution in [0, 0.1) is 0 Å². The molecule has 0 amide bonds. The monoisotopic (exact) mass is 400 g/mol. The van der Waals surface area contributed by atoms with Gasteiger partial charge >= 0.3 is 0 Å². The van der Waals surface area contributed by atoms with Crippen molar-refractivity contribution in [2.45, 2.75) is 32.8 Å². The van der Waals surface area contributed by atoms with E-state index in [-0.39, 0.29) is 5.41 Å². The van der Waals surface area contributed by atoms with Crippen molar-refractivity contribution in [1.29, 1.82) is 0 Å². The third kappa shape index (κ3) is 3.96. The third-order valence-corrected chi connectivity index (χ3v) is 6.27. The summed E-state index contributed by atoms with van der Waals surface area (Å²) in [5.74, 6) is 0.847. The van der Waals surface area contributed by atoms with Crippen LogP contribution in [-0.2, 0) is 12.0 Å². The normalized spacial score (nSPS) is 11.6. The number of benzene rings is 3. The summed E-state index contributed by atoms with van der Waals surface area (Å²) in [6.07, 6.45) is 0.911. The maximum absolute atomic E-state index is 11.6. The van der Waals surface area contributed by atoms with Gasteiger partial charge in [-0.25, -0.2) is 0 Å². The molecule has 29 heavy (non-hydrogen) atoms. The first-order chi connectivity index (χ1) is 14.0. The van der Waals surface area contributed by atoms with Gasteiger partial charge in [-0.3, -0.25) is 4.79 Å². The Kier molecular flexibility index (Phi) is 5.25. The molecule has 0 aliphatic rings. The second-order valence-electron chi connectivity index (χ2n) is 8.20. The Morgan fingerprint density at radius 3 is 2.31 bits per heavy atom. The quantitative estimate of drug-likeness (QED) is 0.330. The Labute approximate surface area is 175 Å². The molecule has 0 spiro atoms. The van der Waals surface area contributed by atoms with Gasteiger partial charge in [0.2, 0.25) is 0 Å². The predicted molar refractivity (Wildman–Crippen MR) is 122 cm³/mol. The molecule has 0 fully saturated rings. The number of aldehydes is 1. The van der Waals surface area contributed by atoms with Crippen molar-refractivity contribution in [1.82, 2.24) is 0 Å². The van der Waals surface area contributed by atoms with E-state index in [0.717, 1.165) is 38.1 Å². The molecule has 0 unspecified atom stereocenters. The molecule has 0 aliphatic carbocycles. The van der Waals surface area contributed by atoms with Gasteiger partial charge in [-0.2, -0.15) is 0 Å². The standard InChI is InChI=1S/C26H24O2S/c1-26(2,3)20-14-12-18(13-15-20)17-28-24-22-10-6-7-11-23(22)29-25(24)21-9-5-4-8-19(21)16-27/h4-16H,17H2,1-3H3. The summed E-state index contributed by atoms with van der Waals surface area (Å²) in [6.45, 7) is 7.13. The van der Waals surface area contributed by atoms with Crippen LogP contribution in [0.3, 0.4) is 0 Å². The van der Waals surface area contributed by atoms with Crippen molar-refractivity contribution < 1.29 is 9.53 Å². The molecule has 1 aromatic heterocycles. The largest absolute Gasteiger partial charge is 0.487 e. The Bertz CT molecular complexity index is 1150. The first-order valence-corrected chi connectivity index (χ1v) is 10.6. The van der Waals surface area contributed by atoms with Crippen LogP contribution in [0.2, 0.25) is 0 Å². The molecule has 0 N–H and O–H groups in total. The third-order valence-electron chi connectivity index (χ3n) is 5.09. The lowest BCUT2D eigenvalue weighted by Gasteiger charge is -2.19. The Hall–Kier alpha value is -2.91. The summed E-state index contributed by atoms with van der Waals surface area (Å²) in [6, 6.07) is 24.5. The molecular formula is C26H24O2S. The predicted octanol–water partition coefficient (Wildman–Crippen LogP) is 7.26. The highest BCUT2D eigenvalue weighted by Crippen LogP contribution is 2.45. The van der Waals surface area contributed by atoms with Crippen molar-refractivity contribution in [3.8, 4) is 16.2 Å². The zero-order valence-electron chi connectivity index (χ0n) is 16.9. The smallest absolute Gasteiger partial charge is 0.150 e. The van der Waals surface area contributed by atoms with Crippen LogP contribution in [0.5, 0.6) is 5.75 Å². The molecule has 146 valence electrons. The van der Waals surface area contributed by atoms with Crippen molar-refractivity contribution in [3.63, 3.8) is 0 Å². The van der Waals surface area contributed by atoms with Gasteiger partial charge in [0, 0.05) is 21.2 Å². The highest BCUT2D eigenvalue weighted by atomic mass is 32.1. The summed E-state index contributed by atoms with van der Waals surface area (Å²) < 4.78 is 7.50. The molecular weight excluding hydrogens is 376 g/mol. The highest BCUT2D eigenvalue weighted by molar-refractivity contribution is 7.22. The van der Waals surface area contributed by atoms with E-state index >= 15 is 0 Å². The van der Waals surface area contributed by atoms with Gasteiger partial charge < -0.3 is 4.74 Å². The fourth-order valence-electron chi connectivity index (χ4n) is 3.41. The van der Waals surface area contributed by atoms with Crippen LogP contribution in [0.4, 0.5) is 0 Å². The Morgan fingerprint density at radius 1 is 0.897 bits per heavy atom. The molecule has 2 nitrogen and oxygen atoms in total. The molecule has 1 heterocycles. The number of carbonyl (C=O) groups is 1. The van der Waals surface area contributed by atoms with Crippen LogP contribution in [0.1, 0.15) is 42.3 Å².